The van der Waals surface area contributed by atoms with Crippen molar-refractivity contribution in [2.45, 2.75) is 0 Å². The first-order chi connectivity index (χ1) is 12.8. The molecular formula is C18H17N7O. The van der Waals surface area contributed by atoms with Gasteiger partial charge in [-0.3, -0.25) is 4.79 Å². The lowest BCUT2D eigenvalue weighted by molar-refractivity contribution is 0.0944. The van der Waals surface area contributed by atoms with E-state index in [4.69, 9.17) is 0 Å². The number of nitrogens with zero attached hydrogens (tertiary/aromatic N) is 6. The second-order valence-corrected chi connectivity index (χ2v) is 6.57. The normalized spacial score (nSPS) is 14.7. The van der Waals surface area contributed by atoms with Gasteiger partial charge in [0.15, 0.2) is 5.65 Å². The second-order valence-electron chi connectivity index (χ2n) is 6.57. The standard InChI is InChI=1S/C18H17N7O/c26-18(14-7-15-3-1-2-6-23(15)11-14)19-8-13-9-24(10-13)17-5-4-16-21-20-12-25(16)22-17/h1-7,11-13H,8-10H2,(H,19,26). The third kappa shape index (κ3) is 2.55. The molecule has 8 nitrogen and oxygen atoms in total. The van der Waals surface area contributed by atoms with Gasteiger partial charge >= 0.3 is 0 Å². The van der Waals surface area contributed by atoms with Gasteiger partial charge in [-0.1, -0.05) is 6.07 Å². The summed E-state index contributed by atoms with van der Waals surface area (Å²) in [7, 11) is 0. The number of anilines is 1. The SMILES string of the molecule is O=C(NCC1CN(c2ccc3nncn3n2)C1)c1cc2ccccn2c1. The molecule has 0 atom stereocenters. The van der Waals surface area contributed by atoms with Crippen LogP contribution in [0.1, 0.15) is 10.4 Å². The third-order valence-electron chi connectivity index (χ3n) is 4.75. The first-order valence-electron chi connectivity index (χ1n) is 8.53. The molecule has 0 aliphatic carbocycles. The van der Waals surface area contributed by atoms with E-state index in [2.05, 4.69) is 25.5 Å². The Morgan fingerprint density at radius 1 is 1.23 bits per heavy atom. The minimum atomic E-state index is -0.0313. The molecule has 1 saturated heterocycles. The minimum Gasteiger partial charge on any atom is -0.354 e. The number of rotatable bonds is 4. The van der Waals surface area contributed by atoms with Gasteiger partial charge in [0.1, 0.15) is 12.1 Å². The first kappa shape index (κ1) is 14.9. The summed E-state index contributed by atoms with van der Waals surface area (Å²) in [5.74, 6) is 1.30. The Morgan fingerprint density at radius 2 is 2.15 bits per heavy atom. The van der Waals surface area contributed by atoms with Crippen LogP contribution in [0.2, 0.25) is 0 Å². The highest BCUT2D eigenvalue weighted by Gasteiger charge is 2.28. The molecule has 1 amide bonds. The lowest BCUT2D eigenvalue weighted by Crippen LogP contribution is -2.52. The van der Waals surface area contributed by atoms with Crippen LogP contribution in [0.15, 0.2) is 55.1 Å². The number of carbonyl (C=O) groups is 1. The number of nitrogens with one attached hydrogen (secondary N) is 1. The molecule has 4 aromatic rings. The smallest absolute Gasteiger partial charge is 0.252 e. The molecule has 26 heavy (non-hydrogen) atoms. The van der Waals surface area contributed by atoms with Gasteiger partial charge < -0.3 is 14.6 Å². The van der Waals surface area contributed by atoms with Gasteiger partial charge in [-0.15, -0.1) is 15.3 Å². The molecule has 0 aromatic carbocycles. The fourth-order valence-electron chi connectivity index (χ4n) is 3.29. The first-order valence-corrected chi connectivity index (χ1v) is 8.53. The van der Waals surface area contributed by atoms with E-state index in [9.17, 15) is 4.79 Å². The number of aromatic nitrogens is 5. The van der Waals surface area contributed by atoms with Crippen molar-refractivity contribution in [3.05, 3.63) is 60.7 Å². The summed E-state index contributed by atoms with van der Waals surface area (Å²) in [6.07, 6.45) is 5.39. The highest BCUT2D eigenvalue weighted by atomic mass is 16.1. The van der Waals surface area contributed by atoms with Crippen LogP contribution in [0.4, 0.5) is 5.82 Å². The van der Waals surface area contributed by atoms with Crippen LogP contribution in [0.3, 0.4) is 0 Å². The maximum Gasteiger partial charge on any atom is 0.252 e. The molecule has 1 aliphatic rings. The van der Waals surface area contributed by atoms with E-state index in [1.807, 2.05) is 53.2 Å². The Labute approximate surface area is 149 Å². The highest BCUT2D eigenvalue weighted by molar-refractivity contribution is 5.95. The third-order valence-corrected chi connectivity index (χ3v) is 4.75. The van der Waals surface area contributed by atoms with Crippen LogP contribution in [-0.4, -0.2) is 49.8 Å². The van der Waals surface area contributed by atoms with E-state index >= 15 is 0 Å². The summed E-state index contributed by atoms with van der Waals surface area (Å²) in [4.78, 5) is 14.5. The average molecular weight is 347 g/mol. The summed E-state index contributed by atoms with van der Waals surface area (Å²) in [6.45, 7) is 2.41. The van der Waals surface area contributed by atoms with Gasteiger partial charge in [-0.05, 0) is 30.3 Å². The van der Waals surface area contributed by atoms with Crippen molar-refractivity contribution in [1.29, 1.82) is 0 Å². The van der Waals surface area contributed by atoms with Crippen molar-refractivity contribution in [3.63, 3.8) is 0 Å². The number of carbonyl (C=O) groups excluding carboxylic acids is 1. The molecule has 130 valence electrons. The molecule has 0 spiro atoms. The topological polar surface area (TPSA) is 79.8 Å². The fourth-order valence-corrected chi connectivity index (χ4v) is 3.29. The van der Waals surface area contributed by atoms with E-state index in [0.29, 0.717) is 18.0 Å². The Kier molecular flexibility index (Phi) is 3.34. The predicted molar refractivity (Wildman–Crippen MR) is 96.2 cm³/mol. The fraction of sp³-hybridized carbons (Fsp3) is 0.222. The molecular weight excluding hydrogens is 330 g/mol. The summed E-state index contributed by atoms with van der Waals surface area (Å²) < 4.78 is 3.62. The van der Waals surface area contributed by atoms with Crippen molar-refractivity contribution in [3.8, 4) is 0 Å². The number of hydrogen-bond acceptors (Lipinski definition) is 5. The molecule has 1 aliphatic heterocycles. The number of fused-ring (bicyclic) bond motifs is 2. The summed E-state index contributed by atoms with van der Waals surface area (Å²) in [5.41, 5.74) is 2.44. The second kappa shape index (κ2) is 5.83. The molecule has 0 saturated carbocycles. The van der Waals surface area contributed by atoms with E-state index < -0.39 is 0 Å². The molecule has 1 fully saturated rings. The van der Waals surface area contributed by atoms with E-state index in [0.717, 1.165) is 30.1 Å². The quantitative estimate of drug-likeness (QED) is 0.601. The van der Waals surface area contributed by atoms with Crippen LogP contribution in [0, 0.1) is 5.92 Å². The molecule has 0 unspecified atom stereocenters. The van der Waals surface area contributed by atoms with Crippen LogP contribution < -0.4 is 10.2 Å². The van der Waals surface area contributed by atoms with Crippen molar-refractivity contribution >= 4 is 22.9 Å². The largest absolute Gasteiger partial charge is 0.354 e. The van der Waals surface area contributed by atoms with Crippen molar-refractivity contribution in [2.75, 3.05) is 24.5 Å². The minimum absolute atomic E-state index is 0.0313. The Morgan fingerprint density at radius 3 is 3.04 bits per heavy atom. The van der Waals surface area contributed by atoms with Crippen LogP contribution in [0.25, 0.3) is 11.2 Å². The Hall–Kier alpha value is -3.42. The Balaban J connectivity index is 1.17. The zero-order valence-electron chi connectivity index (χ0n) is 14.0. The molecule has 5 rings (SSSR count). The van der Waals surface area contributed by atoms with E-state index in [1.165, 1.54) is 0 Å². The van der Waals surface area contributed by atoms with Gasteiger partial charge in [-0.25, -0.2) is 0 Å². The summed E-state index contributed by atoms with van der Waals surface area (Å²) in [5, 5.41) is 15.3. The summed E-state index contributed by atoms with van der Waals surface area (Å²) >= 11 is 0. The van der Waals surface area contributed by atoms with E-state index in [-0.39, 0.29) is 5.91 Å². The van der Waals surface area contributed by atoms with Crippen molar-refractivity contribution in [1.82, 2.24) is 29.5 Å². The molecule has 1 N–H and O–H groups in total. The molecule has 0 bridgehead atoms. The Bertz CT molecular complexity index is 1060. The summed E-state index contributed by atoms with van der Waals surface area (Å²) in [6, 6.07) is 11.7. The van der Waals surface area contributed by atoms with Gasteiger partial charge in [0.25, 0.3) is 5.91 Å². The van der Waals surface area contributed by atoms with Crippen molar-refractivity contribution in [2.24, 2.45) is 5.92 Å². The van der Waals surface area contributed by atoms with E-state index in [1.54, 1.807) is 10.8 Å². The van der Waals surface area contributed by atoms with Gasteiger partial charge in [0, 0.05) is 43.5 Å². The predicted octanol–water partition coefficient (Wildman–Crippen LogP) is 1.24. The van der Waals surface area contributed by atoms with Gasteiger partial charge in [-0.2, -0.15) is 4.52 Å². The monoisotopic (exact) mass is 347 g/mol. The maximum absolute atomic E-state index is 12.4. The van der Waals surface area contributed by atoms with Crippen LogP contribution >= 0.6 is 0 Å². The van der Waals surface area contributed by atoms with Crippen molar-refractivity contribution < 1.29 is 4.79 Å². The number of amides is 1. The zero-order chi connectivity index (χ0) is 17.5. The van der Waals surface area contributed by atoms with Crippen LogP contribution in [-0.2, 0) is 0 Å². The number of hydrogen-bond donors (Lipinski definition) is 1. The lowest BCUT2D eigenvalue weighted by Gasteiger charge is -2.40. The van der Waals surface area contributed by atoms with Gasteiger partial charge in [0.05, 0.1) is 5.56 Å². The van der Waals surface area contributed by atoms with Gasteiger partial charge in [0.2, 0.25) is 0 Å². The average Bonchev–Trinajstić information content (AvgIpc) is 3.26. The molecule has 8 heteroatoms. The maximum atomic E-state index is 12.4. The molecule has 5 heterocycles. The molecule has 4 aromatic heterocycles. The lowest BCUT2D eigenvalue weighted by atomic mass is 10.00. The number of pyridine rings is 1. The zero-order valence-corrected chi connectivity index (χ0v) is 14.0. The van der Waals surface area contributed by atoms with Crippen LogP contribution in [0.5, 0.6) is 0 Å². The molecule has 0 radical (unpaired) electrons. The highest BCUT2D eigenvalue weighted by Crippen LogP contribution is 2.22.